The fourth-order valence-electron chi connectivity index (χ4n) is 2.29. The van der Waals surface area contributed by atoms with Crippen LogP contribution in [0.4, 0.5) is 11.5 Å². The van der Waals surface area contributed by atoms with Crippen molar-refractivity contribution < 1.29 is 0 Å². The van der Waals surface area contributed by atoms with E-state index in [1.165, 1.54) is 12.8 Å². The molecule has 1 aliphatic heterocycles. The monoisotopic (exact) mass is 243 g/mol. The van der Waals surface area contributed by atoms with Gasteiger partial charge >= 0.3 is 0 Å². The zero-order chi connectivity index (χ0) is 12.2. The van der Waals surface area contributed by atoms with E-state index in [1.807, 2.05) is 18.3 Å². The minimum atomic E-state index is 0.743. The average Bonchev–Trinajstić information content (AvgIpc) is 3.10. The Morgan fingerprint density at radius 1 is 1.22 bits per heavy atom. The van der Waals surface area contributed by atoms with Gasteiger partial charge in [0.25, 0.3) is 0 Å². The lowest BCUT2D eigenvalue weighted by Gasteiger charge is -2.20. The second-order valence-corrected chi connectivity index (χ2v) is 4.50. The summed E-state index contributed by atoms with van der Waals surface area (Å²) >= 11 is 0. The van der Waals surface area contributed by atoms with E-state index in [9.17, 15) is 0 Å². The molecular weight excluding hydrogens is 226 g/mol. The molecule has 2 aromatic rings. The highest BCUT2D eigenvalue weighted by atomic mass is 15.2. The summed E-state index contributed by atoms with van der Waals surface area (Å²) in [6, 6.07) is 6.02. The van der Waals surface area contributed by atoms with Gasteiger partial charge in [0.15, 0.2) is 5.82 Å². The molecule has 5 nitrogen and oxygen atoms in total. The zero-order valence-electron chi connectivity index (χ0n) is 10.3. The maximum absolute atomic E-state index is 4.50. The van der Waals surface area contributed by atoms with Crippen LogP contribution in [0, 0.1) is 0 Å². The van der Waals surface area contributed by atoms with Gasteiger partial charge in [0, 0.05) is 25.5 Å². The Bertz CT molecular complexity index is 488. The van der Waals surface area contributed by atoms with Crippen molar-refractivity contribution in [3.05, 3.63) is 36.3 Å². The Hall–Kier alpha value is -2.04. The molecule has 2 N–H and O–H groups in total. The fourth-order valence-corrected chi connectivity index (χ4v) is 2.29. The molecule has 3 heterocycles. The predicted octanol–water partition coefficient (Wildman–Crippen LogP) is 2.02. The van der Waals surface area contributed by atoms with E-state index in [0.717, 1.165) is 36.8 Å². The molecular formula is C13H17N5. The number of nitrogens with zero attached hydrogens (tertiary/aromatic N) is 3. The maximum atomic E-state index is 4.50. The van der Waals surface area contributed by atoms with Crippen LogP contribution in [0.5, 0.6) is 0 Å². The fraction of sp³-hybridized carbons (Fsp3) is 0.385. The van der Waals surface area contributed by atoms with Gasteiger partial charge in [0.1, 0.15) is 0 Å². The number of hydrogen-bond donors (Lipinski definition) is 2. The minimum Gasteiger partial charge on any atom is -0.376 e. The molecule has 0 radical (unpaired) electrons. The molecule has 0 saturated carbocycles. The van der Waals surface area contributed by atoms with Crippen LogP contribution in [0.25, 0.3) is 0 Å². The summed E-state index contributed by atoms with van der Waals surface area (Å²) in [6.45, 7) is 2.96. The molecule has 1 fully saturated rings. The Labute approximate surface area is 106 Å². The number of H-pyrrole nitrogens is 1. The molecule has 1 saturated heterocycles. The molecule has 0 amide bonds. The molecule has 94 valence electrons. The third-order valence-electron chi connectivity index (χ3n) is 3.22. The van der Waals surface area contributed by atoms with Crippen LogP contribution < -0.4 is 10.2 Å². The second-order valence-electron chi connectivity index (χ2n) is 4.50. The van der Waals surface area contributed by atoms with Crippen LogP contribution in [0.15, 0.2) is 30.6 Å². The van der Waals surface area contributed by atoms with Gasteiger partial charge < -0.3 is 10.2 Å². The van der Waals surface area contributed by atoms with Crippen LogP contribution in [-0.4, -0.2) is 28.3 Å². The summed E-state index contributed by atoms with van der Waals surface area (Å²) in [5, 5.41) is 10.3. The van der Waals surface area contributed by atoms with Gasteiger partial charge in [0.2, 0.25) is 0 Å². The highest BCUT2D eigenvalue weighted by molar-refractivity contribution is 5.65. The van der Waals surface area contributed by atoms with E-state index >= 15 is 0 Å². The first kappa shape index (κ1) is 11.1. The first-order valence-electron chi connectivity index (χ1n) is 6.35. The first-order chi connectivity index (χ1) is 8.93. The van der Waals surface area contributed by atoms with E-state index < -0.39 is 0 Å². The lowest BCUT2D eigenvalue weighted by molar-refractivity contribution is 0.929. The Balaban J connectivity index is 1.74. The van der Waals surface area contributed by atoms with Crippen molar-refractivity contribution in [2.45, 2.75) is 19.4 Å². The van der Waals surface area contributed by atoms with Crippen molar-refractivity contribution >= 4 is 11.5 Å². The summed E-state index contributed by atoms with van der Waals surface area (Å²) in [4.78, 5) is 6.84. The summed E-state index contributed by atoms with van der Waals surface area (Å²) < 4.78 is 0. The summed E-state index contributed by atoms with van der Waals surface area (Å²) in [7, 11) is 0. The third-order valence-corrected chi connectivity index (χ3v) is 3.22. The van der Waals surface area contributed by atoms with Gasteiger partial charge in [-0.1, -0.05) is 0 Å². The summed E-state index contributed by atoms with van der Waals surface area (Å²) in [5.41, 5.74) is 2.17. The molecule has 1 aliphatic rings. The number of nitrogens with one attached hydrogen (secondary N) is 2. The maximum Gasteiger partial charge on any atom is 0.151 e. The van der Waals surface area contributed by atoms with Crippen molar-refractivity contribution in [2.24, 2.45) is 0 Å². The van der Waals surface area contributed by atoms with Crippen molar-refractivity contribution in [1.29, 1.82) is 0 Å². The van der Waals surface area contributed by atoms with Gasteiger partial charge in [-0.25, -0.2) is 4.98 Å². The number of rotatable bonds is 4. The Morgan fingerprint density at radius 2 is 2.11 bits per heavy atom. The topological polar surface area (TPSA) is 56.8 Å². The minimum absolute atomic E-state index is 0.743. The van der Waals surface area contributed by atoms with E-state index in [0.29, 0.717) is 0 Å². The third kappa shape index (κ3) is 2.30. The van der Waals surface area contributed by atoms with Gasteiger partial charge in [-0.05, 0) is 31.0 Å². The normalized spacial score (nSPS) is 15.0. The second kappa shape index (κ2) is 5.08. The number of anilines is 2. The van der Waals surface area contributed by atoms with Crippen LogP contribution in [-0.2, 0) is 6.54 Å². The predicted molar refractivity (Wildman–Crippen MR) is 71.6 cm³/mol. The van der Waals surface area contributed by atoms with Crippen molar-refractivity contribution in [2.75, 3.05) is 23.3 Å². The van der Waals surface area contributed by atoms with Crippen molar-refractivity contribution in [3.8, 4) is 0 Å². The van der Waals surface area contributed by atoms with E-state index in [1.54, 1.807) is 6.20 Å². The number of hydrogen-bond acceptors (Lipinski definition) is 4. The molecule has 0 spiro atoms. The molecule has 0 bridgehead atoms. The summed E-state index contributed by atoms with van der Waals surface area (Å²) in [6.07, 6.45) is 6.14. The van der Waals surface area contributed by atoms with Gasteiger partial charge in [-0.2, -0.15) is 5.10 Å². The molecule has 0 unspecified atom stereocenters. The zero-order valence-corrected chi connectivity index (χ0v) is 10.3. The Kier molecular flexibility index (Phi) is 3.12. The van der Waals surface area contributed by atoms with Crippen LogP contribution >= 0.6 is 0 Å². The molecule has 0 aliphatic carbocycles. The molecule has 18 heavy (non-hydrogen) atoms. The van der Waals surface area contributed by atoms with E-state index in [-0.39, 0.29) is 0 Å². The Morgan fingerprint density at radius 3 is 2.89 bits per heavy atom. The standard InChI is InChI=1S/C13H17N5/c1-2-9-18(8-1)13-12(4-3-6-14-13)15-10-11-5-7-16-17-11/h3-7,15H,1-2,8-10H2,(H,16,17). The molecule has 5 heteroatoms. The lowest BCUT2D eigenvalue weighted by atomic mass is 10.3. The smallest absolute Gasteiger partial charge is 0.151 e. The van der Waals surface area contributed by atoms with Gasteiger partial charge in [-0.15, -0.1) is 0 Å². The molecule has 2 aromatic heterocycles. The van der Waals surface area contributed by atoms with Crippen molar-refractivity contribution in [3.63, 3.8) is 0 Å². The average molecular weight is 243 g/mol. The summed E-state index contributed by atoms with van der Waals surface area (Å²) in [5.74, 6) is 1.06. The van der Waals surface area contributed by atoms with Crippen LogP contribution in [0.1, 0.15) is 18.5 Å². The largest absolute Gasteiger partial charge is 0.376 e. The number of aromatic nitrogens is 3. The quantitative estimate of drug-likeness (QED) is 0.862. The first-order valence-corrected chi connectivity index (χ1v) is 6.35. The lowest BCUT2D eigenvalue weighted by Crippen LogP contribution is -2.20. The molecule has 3 rings (SSSR count). The molecule has 0 atom stereocenters. The highest BCUT2D eigenvalue weighted by Gasteiger charge is 2.16. The van der Waals surface area contributed by atoms with Gasteiger partial charge in [-0.3, -0.25) is 5.10 Å². The van der Waals surface area contributed by atoms with Crippen LogP contribution in [0.3, 0.4) is 0 Å². The number of aromatic amines is 1. The number of pyridine rings is 1. The van der Waals surface area contributed by atoms with Crippen LogP contribution in [0.2, 0.25) is 0 Å². The SMILES string of the molecule is c1cnc(N2CCCC2)c(NCc2ccn[nH]2)c1. The highest BCUT2D eigenvalue weighted by Crippen LogP contribution is 2.26. The van der Waals surface area contributed by atoms with Crippen molar-refractivity contribution in [1.82, 2.24) is 15.2 Å². The van der Waals surface area contributed by atoms with Gasteiger partial charge in [0.05, 0.1) is 17.9 Å². The molecule has 0 aromatic carbocycles. The van der Waals surface area contributed by atoms with E-state index in [4.69, 9.17) is 0 Å². The van der Waals surface area contributed by atoms with E-state index in [2.05, 4.69) is 31.5 Å².